The van der Waals surface area contributed by atoms with Crippen LogP contribution in [-0.2, 0) is 9.53 Å². The number of amides is 1. The number of carbonyl (C=O) groups is 2. The zero-order chi connectivity index (χ0) is 9.14. The zero-order valence-electron chi connectivity index (χ0n) is 6.45. The number of methoxy groups -OCH3 is 1. The van der Waals surface area contributed by atoms with E-state index in [1.165, 1.54) is 23.8 Å². The maximum atomic E-state index is 11.0. The Kier molecular flexibility index (Phi) is 3.22. The molecular formula is C6H8ClNO3S. The SMILES string of the molecule is COC(=O)C1CSCN1C(=O)Cl. The summed E-state index contributed by atoms with van der Waals surface area (Å²) >= 11 is 6.73. The molecule has 0 aromatic rings. The molecule has 1 rings (SSSR count). The van der Waals surface area contributed by atoms with Gasteiger partial charge in [0.05, 0.1) is 13.0 Å². The highest BCUT2D eigenvalue weighted by Gasteiger charge is 2.34. The van der Waals surface area contributed by atoms with E-state index < -0.39 is 17.4 Å². The van der Waals surface area contributed by atoms with Crippen molar-refractivity contribution in [2.75, 3.05) is 18.7 Å². The summed E-state index contributed by atoms with van der Waals surface area (Å²) in [4.78, 5) is 23.1. The van der Waals surface area contributed by atoms with Crippen molar-refractivity contribution in [3.63, 3.8) is 0 Å². The highest BCUT2D eigenvalue weighted by atomic mass is 35.5. The standard InChI is InChI=1S/C6H8ClNO3S/c1-11-5(9)4-2-12-3-8(4)6(7)10/h4H,2-3H2,1H3. The van der Waals surface area contributed by atoms with Crippen LogP contribution < -0.4 is 0 Å². The normalized spacial score (nSPS) is 22.5. The van der Waals surface area contributed by atoms with E-state index >= 15 is 0 Å². The molecule has 4 nitrogen and oxygen atoms in total. The maximum Gasteiger partial charge on any atom is 0.329 e. The molecule has 0 saturated carbocycles. The molecule has 0 spiro atoms. The molecule has 6 heteroatoms. The predicted molar refractivity (Wildman–Crippen MR) is 46.2 cm³/mol. The van der Waals surface area contributed by atoms with Crippen molar-refractivity contribution in [3.8, 4) is 0 Å². The van der Waals surface area contributed by atoms with Crippen LogP contribution in [-0.4, -0.2) is 41.0 Å². The van der Waals surface area contributed by atoms with E-state index in [4.69, 9.17) is 11.6 Å². The average Bonchev–Trinajstić information content (AvgIpc) is 2.50. The number of halogens is 1. The van der Waals surface area contributed by atoms with Gasteiger partial charge in [-0.15, -0.1) is 11.8 Å². The van der Waals surface area contributed by atoms with Crippen molar-refractivity contribution < 1.29 is 14.3 Å². The average molecular weight is 210 g/mol. The van der Waals surface area contributed by atoms with Crippen molar-refractivity contribution in [2.24, 2.45) is 0 Å². The molecule has 1 saturated heterocycles. The second kappa shape index (κ2) is 4.00. The van der Waals surface area contributed by atoms with Crippen molar-refractivity contribution in [1.82, 2.24) is 4.90 Å². The minimum atomic E-state index is -0.601. The quantitative estimate of drug-likeness (QED) is 0.366. The number of thioether (sulfide) groups is 1. The first-order valence-electron chi connectivity index (χ1n) is 3.28. The molecule has 1 unspecified atom stereocenters. The number of nitrogens with zero attached hydrogens (tertiary/aromatic N) is 1. The van der Waals surface area contributed by atoms with Gasteiger partial charge in [0.1, 0.15) is 6.04 Å². The third-order valence-corrected chi connectivity index (χ3v) is 2.81. The smallest absolute Gasteiger partial charge is 0.329 e. The molecule has 0 aromatic heterocycles. The Morgan fingerprint density at radius 3 is 2.83 bits per heavy atom. The minimum absolute atomic E-state index is 0.408. The molecule has 12 heavy (non-hydrogen) atoms. The Morgan fingerprint density at radius 2 is 2.33 bits per heavy atom. The third kappa shape index (κ3) is 1.84. The topological polar surface area (TPSA) is 46.6 Å². The lowest BCUT2D eigenvalue weighted by atomic mass is 10.3. The molecule has 1 atom stereocenters. The summed E-state index contributed by atoms with van der Waals surface area (Å²) < 4.78 is 4.51. The molecule has 1 fully saturated rings. The van der Waals surface area contributed by atoms with E-state index in [-0.39, 0.29) is 0 Å². The van der Waals surface area contributed by atoms with Crippen molar-refractivity contribution in [1.29, 1.82) is 0 Å². The Hall–Kier alpha value is -0.420. The lowest BCUT2D eigenvalue weighted by Gasteiger charge is -2.17. The summed E-state index contributed by atoms with van der Waals surface area (Å²) in [7, 11) is 1.29. The fourth-order valence-electron chi connectivity index (χ4n) is 0.947. The second-order valence-corrected chi connectivity index (χ2v) is 3.58. The molecule has 1 heterocycles. The minimum Gasteiger partial charge on any atom is -0.467 e. The van der Waals surface area contributed by atoms with Crippen LogP contribution in [0.5, 0.6) is 0 Å². The van der Waals surface area contributed by atoms with Crippen LogP contribution in [0.2, 0.25) is 0 Å². The van der Waals surface area contributed by atoms with Gasteiger partial charge in [-0.3, -0.25) is 4.79 Å². The monoisotopic (exact) mass is 209 g/mol. The number of carbonyl (C=O) groups excluding carboxylic acids is 2. The van der Waals surface area contributed by atoms with Gasteiger partial charge in [0.2, 0.25) is 0 Å². The van der Waals surface area contributed by atoms with Gasteiger partial charge in [-0.05, 0) is 11.6 Å². The third-order valence-electron chi connectivity index (χ3n) is 1.58. The second-order valence-electron chi connectivity index (χ2n) is 2.26. The van der Waals surface area contributed by atoms with Crippen molar-refractivity contribution in [2.45, 2.75) is 6.04 Å². The summed E-state index contributed by atoms with van der Waals surface area (Å²) in [6.07, 6.45) is 0. The molecule has 1 amide bonds. The van der Waals surface area contributed by atoms with Crippen molar-refractivity contribution in [3.05, 3.63) is 0 Å². The van der Waals surface area contributed by atoms with Gasteiger partial charge in [0, 0.05) is 5.75 Å². The lowest BCUT2D eigenvalue weighted by Crippen LogP contribution is -2.39. The molecule has 1 aliphatic heterocycles. The highest BCUT2D eigenvalue weighted by Crippen LogP contribution is 2.22. The first kappa shape index (κ1) is 9.67. The van der Waals surface area contributed by atoms with Crippen LogP contribution in [0.4, 0.5) is 4.79 Å². The molecule has 0 N–H and O–H groups in total. The first-order chi connectivity index (χ1) is 5.66. The molecule has 0 radical (unpaired) electrons. The highest BCUT2D eigenvalue weighted by molar-refractivity contribution is 7.99. The molecule has 0 aliphatic carbocycles. The van der Waals surface area contributed by atoms with Crippen LogP contribution in [0.1, 0.15) is 0 Å². The van der Waals surface area contributed by atoms with E-state index in [2.05, 4.69) is 4.74 Å². The number of hydrogen-bond acceptors (Lipinski definition) is 4. The predicted octanol–water partition coefficient (Wildman–Crippen LogP) is 0.893. The van der Waals surface area contributed by atoms with E-state index in [0.29, 0.717) is 11.6 Å². The van der Waals surface area contributed by atoms with Crippen LogP contribution in [0.15, 0.2) is 0 Å². The fourth-order valence-corrected chi connectivity index (χ4v) is 2.33. The molecule has 68 valence electrons. The molecule has 1 aliphatic rings. The van der Waals surface area contributed by atoms with Crippen LogP contribution >= 0.6 is 23.4 Å². The van der Waals surface area contributed by atoms with Gasteiger partial charge in [-0.25, -0.2) is 4.79 Å². The van der Waals surface area contributed by atoms with E-state index in [0.717, 1.165) is 0 Å². The summed E-state index contributed by atoms with van der Waals surface area (Å²) in [5.74, 6) is 0.613. The van der Waals surface area contributed by atoms with Gasteiger partial charge >= 0.3 is 11.3 Å². The first-order valence-corrected chi connectivity index (χ1v) is 4.81. The van der Waals surface area contributed by atoms with Crippen LogP contribution in [0.25, 0.3) is 0 Å². The number of rotatable bonds is 1. The largest absolute Gasteiger partial charge is 0.467 e. The Morgan fingerprint density at radius 1 is 1.67 bits per heavy atom. The van der Waals surface area contributed by atoms with Gasteiger partial charge in [0.15, 0.2) is 0 Å². The zero-order valence-corrected chi connectivity index (χ0v) is 8.02. The molecule has 0 aromatic carbocycles. The lowest BCUT2D eigenvalue weighted by molar-refractivity contribution is -0.144. The van der Waals surface area contributed by atoms with Gasteiger partial charge < -0.3 is 9.64 Å². The fraction of sp³-hybridized carbons (Fsp3) is 0.667. The Bertz CT molecular complexity index is 211. The van der Waals surface area contributed by atoms with E-state index in [9.17, 15) is 9.59 Å². The van der Waals surface area contributed by atoms with Gasteiger partial charge in [-0.1, -0.05) is 0 Å². The summed E-state index contributed by atoms with van der Waals surface area (Å²) in [6, 6.07) is -0.509. The van der Waals surface area contributed by atoms with Crippen LogP contribution in [0.3, 0.4) is 0 Å². The number of ether oxygens (including phenoxy) is 1. The molecule has 0 bridgehead atoms. The Balaban J connectivity index is 2.63. The van der Waals surface area contributed by atoms with Crippen molar-refractivity contribution >= 4 is 34.7 Å². The summed E-state index contributed by atoms with van der Waals surface area (Å²) in [5, 5.41) is -0.601. The van der Waals surface area contributed by atoms with E-state index in [1.54, 1.807) is 0 Å². The Labute approximate surface area is 79.2 Å². The van der Waals surface area contributed by atoms with Gasteiger partial charge in [-0.2, -0.15) is 0 Å². The number of hydrogen-bond donors (Lipinski definition) is 0. The summed E-state index contributed by atoms with van der Waals surface area (Å²) in [6.45, 7) is 0. The summed E-state index contributed by atoms with van der Waals surface area (Å²) in [5.41, 5.74) is 0. The maximum absolute atomic E-state index is 11.0. The number of esters is 1. The van der Waals surface area contributed by atoms with Gasteiger partial charge in [0.25, 0.3) is 0 Å². The molecular weight excluding hydrogens is 202 g/mol. The van der Waals surface area contributed by atoms with Crippen LogP contribution in [0, 0.1) is 0 Å². The van der Waals surface area contributed by atoms with E-state index in [1.807, 2.05) is 0 Å².